The molecular formula is C18H29N3. The number of hydrogen-bond acceptors (Lipinski definition) is 3. The highest BCUT2D eigenvalue weighted by Crippen LogP contribution is 2.21. The van der Waals surface area contributed by atoms with Gasteiger partial charge in [0, 0.05) is 19.6 Å². The minimum Gasteiger partial charge on any atom is -0.312 e. The van der Waals surface area contributed by atoms with Gasteiger partial charge in [0.25, 0.3) is 0 Å². The molecule has 0 atom stereocenters. The third kappa shape index (κ3) is 4.06. The van der Waals surface area contributed by atoms with Crippen molar-refractivity contribution in [1.82, 2.24) is 15.1 Å². The van der Waals surface area contributed by atoms with E-state index in [1.807, 2.05) is 0 Å². The molecule has 0 amide bonds. The largest absolute Gasteiger partial charge is 0.312 e. The molecule has 1 saturated heterocycles. The molecule has 1 fully saturated rings. The topological polar surface area (TPSA) is 18.5 Å². The maximum absolute atomic E-state index is 3.48. The van der Waals surface area contributed by atoms with Crippen LogP contribution in [0.3, 0.4) is 0 Å². The van der Waals surface area contributed by atoms with Crippen molar-refractivity contribution in [3.05, 3.63) is 34.9 Å². The second-order valence-electron chi connectivity index (χ2n) is 7.01. The van der Waals surface area contributed by atoms with E-state index in [-0.39, 0.29) is 0 Å². The summed E-state index contributed by atoms with van der Waals surface area (Å²) in [5.41, 5.74) is 4.55. The van der Waals surface area contributed by atoms with E-state index in [1.54, 1.807) is 5.56 Å². The van der Waals surface area contributed by atoms with Crippen LogP contribution in [0.4, 0.5) is 0 Å². The van der Waals surface area contributed by atoms with Crippen LogP contribution in [0.2, 0.25) is 0 Å². The van der Waals surface area contributed by atoms with Crippen LogP contribution in [0.5, 0.6) is 0 Å². The van der Waals surface area contributed by atoms with Gasteiger partial charge in [0.2, 0.25) is 0 Å². The zero-order valence-corrected chi connectivity index (χ0v) is 13.6. The highest BCUT2D eigenvalue weighted by atomic mass is 15.1. The van der Waals surface area contributed by atoms with E-state index in [1.165, 1.54) is 50.0 Å². The van der Waals surface area contributed by atoms with Gasteiger partial charge in [0.15, 0.2) is 0 Å². The van der Waals surface area contributed by atoms with Crippen LogP contribution in [0, 0.1) is 5.92 Å². The van der Waals surface area contributed by atoms with E-state index in [2.05, 4.69) is 47.4 Å². The normalized spacial score (nSPS) is 20.7. The lowest BCUT2D eigenvalue weighted by molar-refractivity contribution is 0.157. The predicted molar refractivity (Wildman–Crippen MR) is 88.4 cm³/mol. The standard InChI is InChI=1S/C18H29N3/c1-20(2)13-15-6-9-21(10-7-15)14-16-3-4-17-5-8-19-12-18(17)11-16/h3-4,11,15,19H,5-10,12-14H2,1-2H3. The Labute approximate surface area is 129 Å². The number of nitrogens with zero attached hydrogens (tertiary/aromatic N) is 2. The summed E-state index contributed by atoms with van der Waals surface area (Å²) >= 11 is 0. The Hall–Kier alpha value is -0.900. The molecule has 0 aromatic heterocycles. The molecule has 0 spiro atoms. The molecule has 2 aliphatic heterocycles. The molecule has 2 aliphatic rings. The van der Waals surface area contributed by atoms with E-state index < -0.39 is 0 Å². The molecule has 1 N–H and O–H groups in total. The Morgan fingerprint density at radius 3 is 2.76 bits per heavy atom. The second-order valence-corrected chi connectivity index (χ2v) is 7.01. The van der Waals surface area contributed by atoms with E-state index >= 15 is 0 Å². The van der Waals surface area contributed by atoms with E-state index in [9.17, 15) is 0 Å². The van der Waals surface area contributed by atoms with Crippen molar-refractivity contribution in [2.45, 2.75) is 32.4 Å². The molecule has 2 heterocycles. The predicted octanol–water partition coefficient (Wildman–Crippen LogP) is 2.11. The Morgan fingerprint density at radius 2 is 2.00 bits per heavy atom. The van der Waals surface area contributed by atoms with Gasteiger partial charge in [-0.25, -0.2) is 0 Å². The molecule has 0 unspecified atom stereocenters. The van der Waals surface area contributed by atoms with Crippen molar-refractivity contribution in [3.63, 3.8) is 0 Å². The lowest BCUT2D eigenvalue weighted by atomic mass is 9.95. The van der Waals surface area contributed by atoms with Gasteiger partial charge >= 0.3 is 0 Å². The monoisotopic (exact) mass is 287 g/mol. The molecule has 0 saturated carbocycles. The summed E-state index contributed by atoms with van der Waals surface area (Å²) in [5, 5.41) is 3.48. The number of fused-ring (bicyclic) bond motifs is 1. The van der Waals surface area contributed by atoms with Crippen molar-refractivity contribution in [3.8, 4) is 0 Å². The summed E-state index contributed by atoms with van der Waals surface area (Å²) in [7, 11) is 4.38. The second kappa shape index (κ2) is 6.91. The quantitative estimate of drug-likeness (QED) is 0.915. The number of rotatable bonds is 4. The van der Waals surface area contributed by atoms with E-state index in [0.29, 0.717) is 0 Å². The highest BCUT2D eigenvalue weighted by Gasteiger charge is 2.20. The number of piperidine rings is 1. The summed E-state index contributed by atoms with van der Waals surface area (Å²) in [6, 6.07) is 7.12. The third-order valence-electron chi connectivity index (χ3n) is 4.89. The fourth-order valence-electron chi connectivity index (χ4n) is 3.73. The van der Waals surface area contributed by atoms with Crippen LogP contribution in [-0.2, 0) is 19.5 Å². The molecule has 0 radical (unpaired) electrons. The highest BCUT2D eigenvalue weighted by molar-refractivity contribution is 5.33. The minimum atomic E-state index is 0.893. The van der Waals surface area contributed by atoms with Crippen LogP contribution < -0.4 is 5.32 Å². The van der Waals surface area contributed by atoms with Crippen molar-refractivity contribution >= 4 is 0 Å². The lowest BCUT2D eigenvalue weighted by Gasteiger charge is -2.33. The van der Waals surface area contributed by atoms with Crippen LogP contribution in [0.25, 0.3) is 0 Å². The Morgan fingerprint density at radius 1 is 1.19 bits per heavy atom. The summed E-state index contributed by atoms with van der Waals surface area (Å²) in [4.78, 5) is 4.96. The fourth-order valence-corrected chi connectivity index (χ4v) is 3.73. The zero-order valence-electron chi connectivity index (χ0n) is 13.6. The molecule has 3 nitrogen and oxygen atoms in total. The van der Waals surface area contributed by atoms with Gasteiger partial charge in [-0.3, -0.25) is 4.90 Å². The first-order valence-electron chi connectivity index (χ1n) is 8.39. The smallest absolute Gasteiger partial charge is 0.0233 e. The number of nitrogens with one attached hydrogen (secondary N) is 1. The average Bonchev–Trinajstić information content (AvgIpc) is 2.49. The van der Waals surface area contributed by atoms with Gasteiger partial charge in [-0.1, -0.05) is 18.2 Å². The van der Waals surface area contributed by atoms with Gasteiger partial charge in [-0.05, 0) is 75.6 Å². The van der Waals surface area contributed by atoms with Gasteiger partial charge in [0.05, 0.1) is 0 Å². The fraction of sp³-hybridized carbons (Fsp3) is 0.667. The van der Waals surface area contributed by atoms with Crippen LogP contribution in [-0.4, -0.2) is 50.1 Å². The first-order valence-corrected chi connectivity index (χ1v) is 8.39. The Kier molecular flexibility index (Phi) is 4.94. The molecule has 0 bridgehead atoms. The summed E-state index contributed by atoms with van der Waals surface area (Å²) in [6.07, 6.45) is 3.89. The average molecular weight is 287 g/mol. The van der Waals surface area contributed by atoms with Crippen molar-refractivity contribution in [2.75, 3.05) is 40.3 Å². The van der Waals surface area contributed by atoms with Gasteiger partial charge < -0.3 is 10.2 Å². The first-order chi connectivity index (χ1) is 10.2. The van der Waals surface area contributed by atoms with Crippen LogP contribution in [0.1, 0.15) is 29.5 Å². The number of likely N-dealkylation sites (tertiary alicyclic amines) is 1. The molecule has 1 aromatic rings. The summed E-state index contributed by atoms with van der Waals surface area (Å²) in [5.74, 6) is 0.893. The van der Waals surface area contributed by atoms with Crippen molar-refractivity contribution < 1.29 is 0 Å². The maximum Gasteiger partial charge on any atom is 0.0233 e. The molecule has 3 heteroatoms. The first kappa shape index (κ1) is 15.0. The molecule has 3 rings (SSSR count). The third-order valence-corrected chi connectivity index (χ3v) is 4.89. The zero-order chi connectivity index (χ0) is 14.7. The number of hydrogen-bond donors (Lipinski definition) is 1. The van der Waals surface area contributed by atoms with Crippen LogP contribution >= 0.6 is 0 Å². The van der Waals surface area contributed by atoms with Gasteiger partial charge in [-0.15, -0.1) is 0 Å². The molecule has 0 aliphatic carbocycles. The molecule has 21 heavy (non-hydrogen) atoms. The Bertz CT molecular complexity index is 462. The van der Waals surface area contributed by atoms with Crippen molar-refractivity contribution in [2.24, 2.45) is 5.92 Å². The van der Waals surface area contributed by atoms with Gasteiger partial charge in [-0.2, -0.15) is 0 Å². The van der Waals surface area contributed by atoms with E-state index in [0.717, 1.165) is 25.6 Å². The summed E-state index contributed by atoms with van der Waals surface area (Å²) in [6.45, 7) is 7.07. The van der Waals surface area contributed by atoms with Crippen molar-refractivity contribution in [1.29, 1.82) is 0 Å². The van der Waals surface area contributed by atoms with Gasteiger partial charge in [0.1, 0.15) is 0 Å². The van der Waals surface area contributed by atoms with Crippen LogP contribution in [0.15, 0.2) is 18.2 Å². The lowest BCUT2D eigenvalue weighted by Crippen LogP contribution is -2.36. The summed E-state index contributed by atoms with van der Waals surface area (Å²) < 4.78 is 0. The van der Waals surface area contributed by atoms with E-state index in [4.69, 9.17) is 0 Å². The molecular weight excluding hydrogens is 258 g/mol. The minimum absolute atomic E-state index is 0.893. The SMILES string of the molecule is CN(C)CC1CCN(Cc2ccc3c(c2)CNCC3)CC1. The maximum atomic E-state index is 3.48. The number of benzene rings is 1. The molecule has 1 aromatic carbocycles. The molecule has 116 valence electrons. The Balaban J connectivity index is 1.53.